The van der Waals surface area contributed by atoms with Crippen LogP contribution in [0.1, 0.15) is 47.4 Å². The molecule has 9 heteroatoms. The van der Waals surface area contributed by atoms with Gasteiger partial charge in [0.25, 0.3) is 0 Å². The van der Waals surface area contributed by atoms with Crippen molar-refractivity contribution >= 4 is 29.6 Å². The summed E-state index contributed by atoms with van der Waals surface area (Å²) in [6.45, 7) is 3.36. The summed E-state index contributed by atoms with van der Waals surface area (Å²) in [5.74, 6) is -2.32. The lowest BCUT2D eigenvalue weighted by Crippen LogP contribution is -2.45. The number of carbonyl (C=O) groups is 4. The number of amides is 2. The van der Waals surface area contributed by atoms with E-state index in [9.17, 15) is 19.2 Å². The molecular weight excluding hydrogens is 344 g/mol. The van der Waals surface area contributed by atoms with Gasteiger partial charge in [-0.15, -0.1) is 0 Å². The molecule has 0 aliphatic heterocycles. The third-order valence-electron chi connectivity index (χ3n) is 3.45. The maximum Gasteiger partial charge on any atom is 0.337 e. The smallest absolute Gasteiger partial charge is 0.337 e. The summed E-state index contributed by atoms with van der Waals surface area (Å²) in [7, 11) is 2.38. The van der Waals surface area contributed by atoms with Crippen molar-refractivity contribution in [2.45, 2.75) is 32.2 Å². The van der Waals surface area contributed by atoms with Gasteiger partial charge in [-0.05, 0) is 38.5 Å². The van der Waals surface area contributed by atoms with Gasteiger partial charge in [-0.25, -0.2) is 14.4 Å². The maximum absolute atomic E-state index is 12.2. The Morgan fingerprint density at radius 3 is 1.92 bits per heavy atom. The van der Waals surface area contributed by atoms with Gasteiger partial charge >= 0.3 is 23.9 Å². The molecule has 3 N–H and O–H groups in total. The zero-order valence-corrected chi connectivity index (χ0v) is 15.0. The molecule has 0 aromatic heterocycles. The Morgan fingerprint density at radius 1 is 1.00 bits per heavy atom. The number of benzene rings is 1. The highest BCUT2D eigenvalue weighted by atomic mass is 16.5. The third-order valence-corrected chi connectivity index (χ3v) is 3.45. The summed E-state index contributed by atoms with van der Waals surface area (Å²) < 4.78 is 9.25. The van der Waals surface area contributed by atoms with Crippen LogP contribution in [-0.4, -0.2) is 48.8 Å². The van der Waals surface area contributed by atoms with Crippen molar-refractivity contribution in [3.05, 3.63) is 29.3 Å². The second kappa shape index (κ2) is 8.84. The Bertz CT molecular complexity index is 679. The van der Waals surface area contributed by atoms with Crippen LogP contribution in [0.25, 0.3) is 0 Å². The fraction of sp³-hybridized carbons (Fsp3) is 0.412. The Balaban J connectivity index is 2.96. The molecule has 142 valence electrons. The summed E-state index contributed by atoms with van der Waals surface area (Å²) >= 11 is 0. The van der Waals surface area contributed by atoms with Gasteiger partial charge in [-0.1, -0.05) is 0 Å². The van der Waals surface area contributed by atoms with E-state index in [0.717, 1.165) is 0 Å². The Kier molecular flexibility index (Phi) is 7.12. The highest BCUT2D eigenvalue weighted by Crippen LogP contribution is 2.18. The first-order valence-corrected chi connectivity index (χ1v) is 7.70. The summed E-state index contributed by atoms with van der Waals surface area (Å²) in [6, 6.07) is 3.38. The average molecular weight is 366 g/mol. The predicted octanol–water partition coefficient (Wildman–Crippen LogP) is 2.02. The molecule has 0 fully saturated rings. The number of ether oxygens (including phenoxy) is 2. The number of carboxylic acids is 1. The number of carboxylic acid groups (broad SMARTS) is 1. The van der Waals surface area contributed by atoms with Crippen molar-refractivity contribution < 1.29 is 33.8 Å². The monoisotopic (exact) mass is 366 g/mol. The summed E-state index contributed by atoms with van der Waals surface area (Å²) in [6.07, 6.45) is 0.128. The molecule has 1 aromatic carbocycles. The van der Waals surface area contributed by atoms with Crippen molar-refractivity contribution in [3.63, 3.8) is 0 Å². The molecule has 0 saturated heterocycles. The number of hydrogen-bond donors (Lipinski definition) is 3. The molecule has 0 aliphatic carbocycles. The predicted molar refractivity (Wildman–Crippen MR) is 92.2 cm³/mol. The molecular formula is C17H22N2O7. The SMILES string of the molecule is COC(=O)c1cc(NC(=O)NC(C)(C)CCC(=O)O)cc(C(=O)OC)c1. The highest BCUT2D eigenvalue weighted by molar-refractivity contribution is 5.99. The van der Waals surface area contributed by atoms with Gasteiger partial charge in [-0.3, -0.25) is 4.79 Å². The van der Waals surface area contributed by atoms with Gasteiger partial charge in [0, 0.05) is 17.6 Å². The fourth-order valence-corrected chi connectivity index (χ4v) is 2.12. The van der Waals surface area contributed by atoms with Crippen LogP contribution in [0.5, 0.6) is 0 Å². The number of anilines is 1. The van der Waals surface area contributed by atoms with Crippen LogP contribution >= 0.6 is 0 Å². The van der Waals surface area contributed by atoms with E-state index in [-0.39, 0.29) is 29.7 Å². The van der Waals surface area contributed by atoms with Crippen molar-refractivity contribution in [1.82, 2.24) is 5.32 Å². The summed E-state index contributed by atoms with van der Waals surface area (Å²) in [4.78, 5) is 46.3. The van der Waals surface area contributed by atoms with E-state index in [2.05, 4.69) is 20.1 Å². The van der Waals surface area contributed by atoms with Crippen LogP contribution in [0, 0.1) is 0 Å². The van der Waals surface area contributed by atoms with Crippen LogP contribution in [0.3, 0.4) is 0 Å². The molecule has 0 radical (unpaired) electrons. The second-order valence-electron chi connectivity index (χ2n) is 6.14. The van der Waals surface area contributed by atoms with E-state index >= 15 is 0 Å². The number of aliphatic carboxylic acids is 1. The molecule has 1 aromatic rings. The number of carbonyl (C=O) groups excluding carboxylic acids is 3. The summed E-state index contributed by atoms with van der Waals surface area (Å²) in [5.41, 5.74) is -0.459. The van der Waals surface area contributed by atoms with Gasteiger partial charge in [0.1, 0.15) is 0 Å². The van der Waals surface area contributed by atoms with Crippen molar-refractivity contribution in [2.75, 3.05) is 19.5 Å². The number of esters is 2. The Labute approximate surface area is 150 Å². The molecule has 0 saturated carbocycles. The minimum absolute atomic E-state index is 0.0656. The zero-order chi connectivity index (χ0) is 19.9. The van der Waals surface area contributed by atoms with Crippen LogP contribution < -0.4 is 10.6 Å². The minimum Gasteiger partial charge on any atom is -0.481 e. The lowest BCUT2D eigenvalue weighted by Gasteiger charge is -2.25. The molecule has 0 heterocycles. The van der Waals surface area contributed by atoms with Crippen LogP contribution in [-0.2, 0) is 14.3 Å². The standard InChI is InChI=1S/C17H22N2O7/c1-17(2,6-5-13(20)21)19-16(24)18-12-8-10(14(22)25-3)7-11(9-12)15(23)26-4/h7-9H,5-6H2,1-4H3,(H,20,21)(H2,18,19,24). The number of hydrogen-bond acceptors (Lipinski definition) is 6. The van der Waals surface area contributed by atoms with E-state index in [1.807, 2.05) is 0 Å². The number of urea groups is 1. The Morgan fingerprint density at radius 2 is 1.50 bits per heavy atom. The molecule has 0 atom stereocenters. The zero-order valence-electron chi connectivity index (χ0n) is 15.0. The number of nitrogens with one attached hydrogen (secondary N) is 2. The van der Waals surface area contributed by atoms with Gasteiger partial charge < -0.3 is 25.2 Å². The molecule has 1 rings (SSSR count). The highest BCUT2D eigenvalue weighted by Gasteiger charge is 2.22. The van der Waals surface area contributed by atoms with Crippen LogP contribution in [0.4, 0.5) is 10.5 Å². The molecule has 9 nitrogen and oxygen atoms in total. The van der Waals surface area contributed by atoms with Crippen molar-refractivity contribution in [1.29, 1.82) is 0 Å². The first kappa shape index (κ1) is 20.9. The van der Waals surface area contributed by atoms with Gasteiger partial charge in [0.05, 0.1) is 25.3 Å². The fourth-order valence-electron chi connectivity index (χ4n) is 2.12. The van der Waals surface area contributed by atoms with Crippen LogP contribution in [0.15, 0.2) is 18.2 Å². The largest absolute Gasteiger partial charge is 0.481 e. The minimum atomic E-state index is -0.964. The van der Waals surface area contributed by atoms with Crippen molar-refractivity contribution in [3.8, 4) is 0 Å². The van der Waals surface area contributed by atoms with E-state index < -0.39 is 29.5 Å². The molecule has 0 bridgehead atoms. The molecule has 26 heavy (non-hydrogen) atoms. The molecule has 0 spiro atoms. The van der Waals surface area contributed by atoms with E-state index in [1.54, 1.807) is 13.8 Å². The van der Waals surface area contributed by atoms with Gasteiger partial charge in [0.15, 0.2) is 0 Å². The molecule has 0 aliphatic rings. The van der Waals surface area contributed by atoms with E-state index in [0.29, 0.717) is 0 Å². The second-order valence-corrected chi connectivity index (χ2v) is 6.14. The first-order valence-electron chi connectivity index (χ1n) is 7.70. The quantitative estimate of drug-likeness (QED) is 0.629. The average Bonchev–Trinajstić information content (AvgIpc) is 2.57. The van der Waals surface area contributed by atoms with Crippen molar-refractivity contribution in [2.24, 2.45) is 0 Å². The third kappa shape index (κ3) is 6.42. The summed E-state index contributed by atoms with van der Waals surface area (Å²) in [5, 5.41) is 13.9. The maximum atomic E-state index is 12.2. The van der Waals surface area contributed by atoms with Gasteiger partial charge in [0.2, 0.25) is 0 Å². The lowest BCUT2D eigenvalue weighted by molar-refractivity contribution is -0.137. The molecule has 0 unspecified atom stereocenters. The number of methoxy groups -OCH3 is 2. The van der Waals surface area contributed by atoms with Crippen LogP contribution in [0.2, 0.25) is 0 Å². The number of rotatable bonds is 7. The van der Waals surface area contributed by atoms with Gasteiger partial charge in [-0.2, -0.15) is 0 Å². The molecule has 2 amide bonds. The van der Waals surface area contributed by atoms with E-state index in [4.69, 9.17) is 5.11 Å². The van der Waals surface area contributed by atoms with E-state index in [1.165, 1.54) is 32.4 Å². The topological polar surface area (TPSA) is 131 Å². The Hall–Kier alpha value is -3.10. The normalized spacial score (nSPS) is 10.6. The lowest BCUT2D eigenvalue weighted by atomic mass is 9.99. The first-order chi connectivity index (χ1) is 12.1.